The van der Waals surface area contributed by atoms with Crippen LogP contribution in [-0.2, 0) is 0 Å². The zero-order chi connectivity index (χ0) is 14.5. The molecule has 1 amide bonds. The second-order valence-corrected chi connectivity index (χ2v) is 5.94. The van der Waals surface area contributed by atoms with Gasteiger partial charge in [0.25, 0.3) is 5.91 Å². The van der Waals surface area contributed by atoms with Crippen molar-refractivity contribution in [3.63, 3.8) is 0 Å². The molecule has 1 N–H and O–H groups in total. The Labute approximate surface area is 128 Å². The van der Waals surface area contributed by atoms with Gasteiger partial charge in [0.15, 0.2) is 0 Å². The van der Waals surface area contributed by atoms with E-state index in [0.29, 0.717) is 11.5 Å². The zero-order valence-corrected chi connectivity index (χ0v) is 13.2. The molecule has 0 radical (unpaired) electrons. The predicted molar refractivity (Wildman–Crippen MR) is 85.6 cm³/mol. The summed E-state index contributed by atoms with van der Waals surface area (Å²) in [5.74, 6) is 0.267. The molecule has 0 unspecified atom stereocenters. The lowest BCUT2D eigenvalue weighted by atomic mass is 9.95. The maximum Gasteiger partial charge on any atom is 0.252 e. The van der Waals surface area contributed by atoms with Crippen LogP contribution in [-0.4, -0.2) is 5.91 Å². The van der Waals surface area contributed by atoms with Crippen molar-refractivity contribution < 1.29 is 4.79 Å². The third kappa shape index (κ3) is 3.48. The van der Waals surface area contributed by atoms with Crippen LogP contribution in [0.3, 0.4) is 0 Å². The highest BCUT2D eigenvalue weighted by atomic mass is 79.9. The van der Waals surface area contributed by atoms with Crippen LogP contribution < -0.4 is 5.32 Å². The second kappa shape index (κ2) is 6.71. The fourth-order valence-corrected chi connectivity index (χ4v) is 2.62. The van der Waals surface area contributed by atoms with Crippen molar-refractivity contribution >= 4 is 21.8 Å². The largest absolute Gasteiger partial charge is 0.345 e. The average molecular weight is 332 g/mol. The van der Waals surface area contributed by atoms with Crippen molar-refractivity contribution in [1.82, 2.24) is 5.32 Å². The fraction of sp³-hybridized carbons (Fsp3) is 0.235. The van der Waals surface area contributed by atoms with E-state index < -0.39 is 0 Å². The molecule has 2 aromatic carbocycles. The molecule has 104 valence electrons. The molecule has 0 aliphatic carbocycles. The molecule has 3 heteroatoms. The highest BCUT2D eigenvalue weighted by Gasteiger charge is 2.19. The number of carbonyl (C=O) groups is 1. The van der Waals surface area contributed by atoms with E-state index in [9.17, 15) is 4.79 Å². The third-order valence-electron chi connectivity index (χ3n) is 3.23. The topological polar surface area (TPSA) is 29.1 Å². The molecule has 2 rings (SSSR count). The maximum absolute atomic E-state index is 12.4. The highest BCUT2D eigenvalue weighted by Crippen LogP contribution is 2.23. The van der Waals surface area contributed by atoms with Crippen molar-refractivity contribution in [1.29, 1.82) is 0 Å². The summed E-state index contributed by atoms with van der Waals surface area (Å²) in [5, 5.41) is 3.12. The Kier molecular flexibility index (Phi) is 4.96. The SMILES string of the molecule is CC(C)[C@H](NC(=O)c1ccccc1Br)c1ccccc1. The molecule has 0 aliphatic heterocycles. The van der Waals surface area contributed by atoms with Gasteiger partial charge in [0.2, 0.25) is 0 Å². The first-order valence-corrected chi connectivity index (χ1v) is 7.49. The minimum absolute atomic E-state index is 0.0100. The Hall–Kier alpha value is -1.61. The number of halogens is 1. The average Bonchev–Trinajstić information content (AvgIpc) is 2.45. The van der Waals surface area contributed by atoms with Crippen LogP contribution in [0, 0.1) is 5.92 Å². The monoisotopic (exact) mass is 331 g/mol. The molecule has 1 atom stereocenters. The zero-order valence-electron chi connectivity index (χ0n) is 11.6. The number of nitrogens with one attached hydrogen (secondary N) is 1. The van der Waals surface area contributed by atoms with Crippen LogP contribution in [0.5, 0.6) is 0 Å². The standard InChI is InChI=1S/C17H18BrNO/c1-12(2)16(13-8-4-3-5-9-13)19-17(20)14-10-6-7-11-15(14)18/h3-12,16H,1-2H3,(H,19,20)/t16-/m0/s1. The summed E-state index contributed by atoms with van der Waals surface area (Å²) in [5.41, 5.74) is 1.79. The molecule has 0 bridgehead atoms. The maximum atomic E-state index is 12.4. The van der Waals surface area contributed by atoms with Crippen molar-refractivity contribution in [3.05, 3.63) is 70.2 Å². The Morgan fingerprint density at radius 1 is 1.00 bits per heavy atom. The van der Waals surface area contributed by atoms with Crippen LogP contribution >= 0.6 is 15.9 Å². The second-order valence-electron chi connectivity index (χ2n) is 5.09. The van der Waals surface area contributed by atoms with Gasteiger partial charge in [0, 0.05) is 4.47 Å². The normalized spacial score (nSPS) is 12.2. The number of amides is 1. The van der Waals surface area contributed by atoms with Crippen LogP contribution in [0.1, 0.15) is 35.8 Å². The Morgan fingerprint density at radius 2 is 1.60 bits per heavy atom. The van der Waals surface area contributed by atoms with E-state index in [0.717, 1.165) is 10.0 Å². The molecule has 0 aliphatic rings. The number of hydrogen-bond donors (Lipinski definition) is 1. The van der Waals surface area contributed by atoms with Gasteiger partial charge in [-0.3, -0.25) is 4.79 Å². The summed E-state index contributed by atoms with van der Waals surface area (Å²) in [7, 11) is 0. The van der Waals surface area contributed by atoms with Crippen LogP contribution in [0.4, 0.5) is 0 Å². The minimum atomic E-state index is -0.0555. The quantitative estimate of drug-likeness (QED) is 0.873. The molecule has 2 aromatic rings. The van der Waals surface area contributed by atoms with Crippen LogP contribution in [0.2, 0.25) is 0 Å². The van der Waals surface area contributed by atoms with E-state index in [1.165, 1.54) is 0 Å². The molecule has 0 spiro atoms. The highest BCUT2D eigenvalue weighted by molar-refractivity contribution is 9.10. The van der Waals surface area contributed by atoms with E-state index >= 15 is 0 Å². The molecular formula is C17H18BrNO. The van der Waals surface area contributed by atoms with Crippen molar-refractivity contribution in [2.45, 2.75) is 19.9 Å². The van der Waals surface area contributed by atoms with Crippen LogP contribution in [0.25, 0.3) is 0 Å². The van der Waals surface area contributed by atoms with E-state index in [4.69, 9.17) is 0 Å². The first-order chi connectivity index (χ1) is 9.59. The summed E-state index contributed by atoms with van der Waals surface area (Å²) in [6.45, 7) is 4.22. The summed E-state index contributed by atoms with van der Waals surface area (Å²) >= 11 is 3.42. The van der Waals surface area contributed by atoms with Gasteiger partial charge in [-0.1, -0.05) is 56.3 Å². The van der Waals surface area contributed by atoms with Crippen molar-refractivity contribution in [3.8, 4) is 0 Å². The lowest BCUT2D eigenvalue weighted by Crippen LogP contribution is -2.31. The van der Waals surface area contributed by atoms with E-state index in [1.807, 2.05) is 54.6 Å². The summed E-state index contributed by atoms with van der Waals surface area (Å²) in [4.78, 5) is 12.4. The fourth-order valence-electron chi connectivity index (χ4n) is 2.16. The molecule has 0 heterocycles. The smallest absolute Gasteiger partial charge is 0.252 e. The van der Waals surface area contributed by atoms with Crippen molar-refractivity contribution in [2.75, 3.05) is 0 Å². The van der Waals surface area contributed by atoms with Gasteiger partial charge in [-0.15, -0.1) is 0 Å². The number of carbonyl (C=O) groups excluding carboxylic acids is 1. The van der Waals surface area contributed by atoms with E-state index in [-0.39, 0.29) is 11.9 Å². The number of benzene rings is 2. The van der Waals surface area contributed by atoms with Gasteiger partial charge < -0.3 is 5.32 Å². The molecule has 20 heavy (non-hydrogen) atoms. The molecular weight excluding hydrogens is 314 g/mol. The Bertz CT molecular complexity index is 581. The third-order valence-corrected chi connectivity index (χ3v) is 3.92. The summed E-state index contributed by atoms with van der Waals surface area (Å²) in [6, 6.07) is 17.5. The van der Waals surface area contributed by atoms with E-state index in [2.05, 4.69) is 35.1 Å². The minimum Gasteiger partial charge on any atom is -0.345 e. The van der Waals surface area contributed by atoms with Crippen molar-refractivity contribution in [2.24, 2.45) is 5.92 Å². The number of rotatable bonds is 4. The van der Waals surface area contributed by atoms with Gasteiger partial charge in [0.05, 0.1) is 11.6 Å². The Morgan fingerprint density at radius 3 is 2.20 bits per heavy atom. The molecule has 0 saturated heterocycles. The van der Waals surface area contributed by atoms with Gasteiger partial charge >= 0.3 is 0 Å². The number of hydrogen-bond acceptors (Lipinski definition) is 1. The lowest BCUT2D eigenvalue weighted by Gasteiger charge is -2.23. The molecule has 2 nitrogen and oxygen atoms in total. The summed E-state index contributed by atoms with van der Waals surface area (Å²) in [6.07, 6.45) is 0. The molecule has 0 fully saturated rings. The Balaban J connectivity index is 2.22. The first kappa shape index (κ1) is 14.8. The molecule has 0 aromatic heterocycles. The lowest BCUT2D eigenvalue weighted by molar-refractivity contribution is 0.0925. The predicted octanol–water partition coefficient (Wildman–Crippen LogP) is 4.58. The first-order valence-electron chi connectivity index (χ1n) is 6.70. The van der Waals surface area contributed by atoms with E-state index in [1.54, 1.807) is 0 Å². The van der Waals surface area contributed by atoms with Gasteiger partial charge in [-0.25, -0.2) is 0 Å². The van der Waals surface area contributed by atoms with Gasteiger partial charge in [-0.2, -0.15) is 0 Å². The van der Waals surface area contributed by atoms with Gasteiger partial charge in [0.1, 0.15) is 0 Å². The molecule has 0 saturated carbocycles. The summed E-state index contributed by atoms with van der Waals surface area (Å²) < 4.78 is 0.813. The van der Waals surface area contributed by atoms with Gasteiger partial charge in [-0.05, 0) is 39.5 Å². The van der Waals surface area contributed by atoms with Crippen LogP contribution in [0.15, 0.2) is 59.1 Å².